The Bertz CT molecular complexity index is 1660. The lowest BCUT2D eigenvalue weighted by Gasteiger charge is -2.32. The zero-order valence-electron chi connectivity index (χ0n) is 22.7. The second-order valence-electron chi connectivity index (χ2n) is 9.32. The van der Waals surface area contributed by atoms with Crippen molar-refractivity contribution in [2.75, 3.05) is 31.0 Å². The highest BCUT2D eigenvalue weighted by atomic mass is 32.1. The highest BCUT2D eigenvalue weighted by molar-refractivity contribution is 7.10. The third-order valence-corrected chi connectivity index (χ3v) is 7.76. The zero-order valence-corrected chi connectivity index (χ0v) is 23.5. The first-order valence-corrected chi connectivity index (χ1v) is 13.7. The number of carbonyl (C=O) groups is 4. The van der Waals surface area contributed by atoms with Crippen LogP contribution in [-0.2, 0) is 20.9 Å². The summed E-state index contributed by atoms with van der Waals surface area (Å²) in [5, 5.41) is 4.59. The molecule has 2 heterocycles. The highest BCUT2D eigenvalue weighted by Gasteiger charge is 2.40. The molecule has 1 unspecified atom stereocenters. The van der Waals surface area contributed by atoms with Crippen LogP contribution < -0.4 is 19.7 Å². The topological polar surface area (TPSA) is 105 Å². The summed E-state index contributed by atoms with van der Waals surface area (Å²) in [5.74, 6) is -2.54. The number of methoxy groups -OCH3 is 2. The molecule has 1 aromatic heterocycles. The minimum atomic E-state index is -1.22. The van der Waals surface area contributed by atoms with Crippen molar-refractivity contribution in [1.82, 2.24) is 4.90 Å². The van der Waals surface area contributed by atoms with Crippen molar-refractivity contribution in [1.29, 1.82) is 0 Å². The van der Waals surface area contributed by atoms with Crippen LogP contribution in [0.4, 0.5) is 15.8 Å². The summed E-state index contributed by atoms with van der Waals surface area (Å²) < 4.78 is 25.5. The summed E-state index contributed by atoms with van der Waals surface area (Å²) in [4.78, 5) is 56.3. The number of para-hydroxylation sites is 1. The van der Waals surface area contributed by atoms with E-state index in [0.717, 1.165) is 4.90 Å². The molecule has 42 heavy (non-hydrogen) atoms. The van der Waals surface area contributed by atoms with Crippen molar-refractivity contribution < 1.29 is 33.0 Å². The maximum atomic E-state index is 14.9. The molecule has 11 heteroatoms. The Kier molecular flexibility index (Phi) is 8.30. The van der Waals surface area contributed by atoms with Crippen molar-refractivity contribution in [3.63, 3.8) is 0 Å². The molecular weight excluding hydrogens is 561 g/mol. The number of nitrogens with one attached hydrogen (secondary N) is 1. The van der Waals surface area contributed by atoms with Crippen molar-refractivity contribution in [3.8, 4) is 11.5 Å². The van der Waals surface area contributed by atoms with Crippen LogP contribution >= 0.6 is 11.3 Å². The number of nitrogens with zero attached hydrogens (tertiary/aromatic N) is 2. The summed E-state index contributed by atoms with van der Waals surface area (Å²) in [6.45, 7) is -0.810. The van der Waals surface area contributed by atoms with E-state index in [1.165, 1.54) is 54.7 Å². The summed E-state index contributed by atoms with van der Waals surface area (Å²) in [6, 6.07) is 19.4. The summed E-state index contributed by atoms with van der Waals surface area (Å²) in [7, 11) is 2.95. The number of hydrogen-bond acceptors (Lipinski definition) is 7. The predicted molar refractivity (Wildman–Crippen MR) is 155 cm³/mol. The summed E-state index contributed by atoms with van der Waals surface area (Å²) >= 11 is 1.24. The van der Waals surface area contributed by atoms with Gasteiger partial charge in [-0.3, -0.25) is 24.1 Å². The molecule has 0 bridgehead atoms. The van der Waals surface area contributed by atoms with Gasteiger partial charge < -0.3 is 19.7 Å². The van der Waals surface area contributed by atoms with Crippen LogP contribution in [0.5, 0.6) is 11.5 Å². The number of anilines is 2. The predicted octanol–water partition coefficient (Wildman–Crippen LogP) is 4.84. The Morgan fingerprint density at radius 2 is 1.74 bits per heavy atom. The van der Waals surface area contributed by atoms with Crippen molar-refractivity contribution in [3.05, 3.63) is 106 Å². The molecule has 3 aromatic carbocycles. The molecule has 9 nitrogen and oxygen atoms in total. The molecular formula is C31H26FN3O6S. The molecule has 5 rings (SSSR count). The van der Waals surface area contributed by atoms with Crippen LogP contribution in [0, 0.1) is 5.82 Å². The van der Waals surface area contributed by atoms with Gasteiger partial charge in [0.2, 0.25) is 5.91 Å². The van der Waals surface area contributed by atoms with Gasteiger partial charge in [-0.05, 0) is 41.8 Å². The van der Waals surface area contributed by atoms with E-state index in [-0.39, 0.29) is 17.7 Å². The monoisotopic (exact) mass is 587 g/mol. The van der Waals surface area contributed by atoms with E-state index in [9.17, 15) is 23.6 Å². The Morgan fingerprint density at radius 1 is 0.976 bits per heavy atom. The molecule has 4 aromatic rings. The minimum absolute atomic E-state index is 0.173. The van der Waals surface area contributed by atoms with E-state index in [1.54, 1.807) is 60.0 Å². The standard InChI is InChI=1S/C31H26FN3O6S/c1-40-20-13-14-23(25(16-20)41-2)33-30(38)28(26-12-7-15-42-26)35(17-19-8-3-5-10-22(19)32)27(36)18-34-24-11-6-4-9-21(24)29(37)31(34)39/h3-16,28H,17-18H2,1-2H3,(H,33,38). The van der Waals surface area contributed by atoms with Gasteiger partial charge >= 0.3 is 0 Å². The molecule has 1 aliphatic heterocycles. The third-order valence-electron chi connectivity index (χ3n) is 6.83. The summed E-state index contributed by atoms with van der Waals surface area (Å²) in [5.41, 5.74) is 0.991. The van der Waals surface area contributed by atoms with Gasteiger partial charge in [-0.15, -0.1) is 11.3 Å². The first kappa shape index (κ1) is 28.5. The van der Waals surface area contributed by atoms with Crippen LogP contribution in [-0.4, -0.2) is 49.2 Å². The first-order chi connectivity index (χ1) is 20.3. The fourth-order valence-electron chi connectivity index (χ4n) is 4.74. The smallest absolute Gasteiger partial charge is 0.299 e. The zero-order chi connectivity index (χ0) is 29.8. The Labute approximate surface area is 245 Å². The Balaban J connectivity index is 1.54. The van der Waals surface area contributed by atoms with Gasteiger partial charge in [0.05, 0.1) is 31.2 Å². The largest absolute Gasteiger partial charge is 0.497 e. The number of hydrogen-bond donors (Lipinski definition) is 1. The van der Waals surface area contributed by atoms with Crippen molar-refractivity contribution in [2.45, 2.75) is 12.6 Å². The van der Waals surface area contributed by atoms with E-state index in [1.807, 2.05) is 0 Å². The van der Waals surface area contributed by atoms with Gasteiger partial charge in [0.25, 0.3) is 17.6 Å². The third kappa shape index (κ3) is 5.59. The second kappa shape index (κ2) is 12.2. The second-order valence-corrected chi connectivity index (χ2v) is 10.3. The molecule has 1 atom stereocenters. The Hall–Kier alpha value is -5.03. The minimum Gasteiger partial charge on any atom is -0.497 e. The quantitative estimate of drug-likeness (QED) is 0.266. The number of ketones is 1. The molecule has 0 fully saturated rings. The number of Topliss-reactive ketones (excluding diaryl/α,β-unsaturated/α-hetero) is 1. The van der Waals surface area contributed by atoms with Crippen LogP contribution in [0.2, 0.25) is 0 Å². The van der Waals surface area contributed by atoms with Gasteiger partial charge in [0.15, 0.2) is 0 Å². The van der Waals surface area contributed by atoms with Crippen LogP contribution in [0.1, 0.15) is 26.8 Å². The number of halogens is 1. The maximum absolute atomic E-state index is 14.9. The van der Waals surface area contributed by atoms with Gasteiger partial charge in [0, 0.05) is 23.1 Å². The highest BCUT2D eigenvalue weighted by Crippen LogP contribution is 2.34. The van der Waals surface area contributed by atoms with E-state index in [4.69, 9.17) is 9.47 Å². The molecule has 1 aliphatic rings. The Morgan fingerprint density at radius 3 is 2.45 bits per heavy atom. The van der Waals surface area contributed by atoms with Gasteiger partial charge in [-0.1, -0.05) is 36.4 Å². The fourth-order valence-corrected chi connectivity index (χ4v) is 5.57. The van der Waals surface area contributed by atoms with Crippen molar-refractivity contribution >= 4 is 46.2 Å². The number of benzene rings is 3. The lowest BCUT2D eigenvalue weighted by molar-refractivity contribution is -0.139. The van der Waals surface area contributed by atoms with E-state index < -0.39 is 41.9 Å². The van der Waals surface area contributed by atoms with E-state index in [2.05, 4.69) is 5.32 Å². The number of thiophene rings is 1. The number of carbonyl (C=O) groups excluding carboxylic acids is 4. The summed E-state index contributed by atoms with van der Waals surface area (Å²) in [6.07, 6.45) is 0. The maximum Gasteiger partial charge on any atom is 0.299 e. The normalized spacial score (nSPS) is 13.0. The SMILES string of the molecule is COc1ccc(NC(=O)C(c2cccs2)N(Cc2ccccc2F)C(=O)CN2C(=O)C(=O)c3ccccc32)c(OC)c1. The average molecular weight is 588 g/mol. The first-order valence-electron chi connectivity index (χ1n) is 12.9. The van der Waals surface area contributed by atoms with Gasteiger partial charge in [-0.2, -0.15) is 0 Å². The number of amides is 3. The number of fused-ring (bicyclic) bond motifs is 1. The lowest BCUT2D eigenvalue weighted by atomic mass is 10.1. The number of ether oxygens (including phenoxy) is 2. The lowest BCUT2D eigenvalue weighted by Crippen LogP contribution is -2.46. The van der Waals surface area contributed by atoms with Gasteiger partial charge in [0.1, 0.15) is 29.9 Å². The molecule has 0 saturated carbocycles. The van der Waals surface area contributed by atoms with Crippen LogP contribution in [0.25, 0.3) is 0 Å². The number of rotatable bonds is 10. The van der Waals surface area contributed by atoms with Crippen molar-refractivity contribution in [2.24, 2.45) is 0 Å². The molecule has 214 valence electrons. The molecule has 3 amide bonds. The molecule has 0 radical (unpaired) electrons. The molecule has 0 aliphatic carbocycles. The van der Waals surface area contributed by atoms with Crippen LogP contribution in [0.3, 0.4) is 0 Å². The van der Waals surface area contributed by atoms with E-state index in [0.29, 0.717) is 27.8 Å². The fraction of sp³-hybridized carbons (Fsp3) is 0.161. The van der Waals surface area contributed by atoms with Gasteiger partial charge in [-0.25, -0.2) is 4.39 Å². The molecule has 1 N–H and O–H groups in total. The van der Waals surface area contributed by atoms with Crippen LogP contribution in [0.15, 0.2) is 84.2 Å². The van der Waals surface area contributed by atoms with E-state index >= 15 is 0 Å². The molecule has 0 spiro atoms. The molecule has 0 saturated heterocycles. The average Bonchev–Trinajstić information content (AvgIpc) is 3.61.